The normalized spacial score (nSPS) is 20.1. The van der Waals surface area contributed by atoms with Crippen molar-refractivity contribution >= 4 is 11.4 Å². The van der Waals surface area contributed by atoms with Crippen LogP contribution in [0, 0.1) is 5.92 Å². The number of anilines is 2. The van der Waals surface area contributed by atoms with E-state index in [0.29, 0.717) is 30.4 Å². The molecule has 1 atom stereocenters. The highest BCUT2D eigenvalue weighted by molar-refractivity contribution is 5.58. The van der Waals surface area contributed by atoms with Crippen LogP contribution in [-0.4, -0.2) is 19.8 Å². The minimum absolute atomic E-state index is 0.0354. The topological polar surface area (TPSA) is 47.3 Å². The number of nitrogens with two attached hydrogens (primary N) is 1. The van der Waals surface area contributed by atoms with Crippen LogP contribution in [0.3, 0.4) is 0 Å². The summed E-state index contributed by atoms with van der Waals surface area (Å²) in [6.07, 6.45) is -0.402. The van der Waals surface area contributed by atoms with E-state index >= 15 is 0 Å². The number of alkyl halides is 2. The van der Waals surface area contributed by atoms with Crippen LogP contribution in [0.5, 0.6) is 0 Å². The lowest BCUT2D eigenvalue weighted by molar-refractivity contribution is 0.0594. The second-order valence-corrected chi connectivity index (χ2v) is 4.61. The van der Waals surface area contributed by atoms with E-state index in [1.165, 1.54) is 6.07 Å². The highest BCUT2D eigenvalue weighted by Crippen LogP contribution is 2.29. The zero-order valence-corrected chi connectivity index (χ0v) is 10.2. The Kier molecular flexibility index (Phi) is 4.36. The summed E-state index contributed by atoms with van der Waals surface area (Å²) in [4.78, 5) is 0. The first-order valence-electron chi connectivity index (χ1n) is 6.16. The SMILES string of the molecule is Nc1ccc(NCC2CCCOC2)c(C(F)F)c1. The highest BCUT2D eigenvalue weighted by Gasteiger charge is 2.16. The lowest BCUT2D eigenvalue weighted by Gasteiger charge is -2.23. The molecule has 0 aliphatic carbocycles. The van der Waals surface area contributed by atoms with Crippen LogP contribution in [0.25, 0.3) is 0 Å². The number of benzene rings is 1. The van der Waals surface area contributed by atoms with Gasteiger partial charge >= 0.3 is 0 Å². The molecule has 0 aromatic heterocycles. The summed E-state index contributed by atoms with van der Waals surface area (Å²) in [5, 5.41) is 3.08. The van der Waals surface area contributed by atoms with Crippen LogP contribution in [0.1, 0.15) is 24.8 Å². The zero-order chi connectivity index (χ0) is 13.0. The molecule has 100 valence electrons. The molecule has 1 heterocycles. The second-order valence-electron chi connectivity index (χ2n) is 4.61. The van der Waals surface area contributed by atoms with Gasteiger partial charge in [0.05, 0.1) is 6.61 Å². The molecule has 0 saturated carbocycles. The standard InChI is InChI=1S/C13H18F2N2O/c14-13(15)11-6-10(16)3-4-12(11)17-7-9-2-1-5-18-8-9/h3-4,6,9,13,17H,1-2,5,7-8,16H2. The van der Waals surface area contributed by atoms with E-state index in [1.807, 2.05) is 0 Å². The van der Waals surface area contributed by atoms with Gasteiger partial charge in [-0.1, -0.05) is 0 Å². The zero-order valence-electron chi connectivity index (χ0n) is 10.2. The average Bonchev–Trinajstić information content (AvgIpc) is 2.38. The molecule has 0 bridgehead atoms. The molecular formula is C13H18F2N2O. The van der Waals surface area contributed by atoms with E-state index in [4.69, 9.17) is 10.5 Å². The summed E-state index contributed by atoms with van der Waals surface area (Å²) in [5.41, 5.74) is 6.31. The maximum absolute atomic E-state index is 12.9. The Morgan fingerprint density at radius 3 is 2.94 bits per heavy atom. The van der Waals surface area contributed by atoms with Gasteiger partial charge < -0.3 is 15.8 Å². The number of nitrogen functional groups attached to an aromatic ring is 1. The Labute approximate surface area is 105 Å². The fourth-order valence-corrected chi connectivity index (χ4v) is 2.15. The van der Waals surface area contributed by atoms with Crippen molar-refractivity contribution in [3.05, 3.63) is 23.8 Å². The number of hydrogen-bond acceptors (Lipinski definition) is 3. The number of rotatable bonds is 4. The van der Waals surface area contributed by atoms with Gasteiger partial charge in [0.2, 0.25) is 0 Å². The Morgan fingerprint density at radius 1 is 1.44 bits per heavy atom. The van der Waals surface area contributed by atoms with Crippen molar-refractivity contribution in [2.24, 2.45) is 5.92 Å². The molecule has 5 heteroatoms. The molecule has 3 nitrogen and oxygen atoms in total. The first kappa shape index (κ1) is 13.1. The number of nitrogens with one attached hydrogen (secondary N) is 1. The van der Waals surface area contributed by atoms with E-state index in [-0.39, 0.29) is 5.56 Å². The number of halogens is 2. The maximum atomic E-state index is 12.9. The summed E-state index contributed by atoms with van der Waals surface area (Å²) in [5.74, 6) is 0.391. The fraction of sp³-hybridized carbons (Fsp3) is 0.538. The van der Waals surface area contributed by atoms with Gasteiger partial charge in [-0.3, -0.25) is 0 Å². The van der Waals surface area contributed by atoms with Crippen LogP contribution < -0.4 is 11.1 Å². The molecule has 0 radical (unpaired) electrons. The van der Waals surface area contributed by atoms with E-state index in [0.717, 1.165) is 19.4 Å². The molecule has 0 spiro atoms. The van der Waals surface area contributed by atoms with Gasteiger partial charge in [-0.05, 0) is 37.0 Å². The summed E-state index contributed by atoms with van der Waals surface area (Å²) in [6.45, 7) is 2.16. The van der Waals surface area contributed by atoms with E-state index in [2.05, 4.69) is 5.32 Å². The Balaban J connectivity index is 1.99. The summed E-state index contributed by atoms with van der Waals surface area (Å²) < 4.78 is 31.1. The van der Waals surface area contributed by atoms with Gasteiger partial charge in [0.15, 0.2) is 0 Å². The molecule has 1 aromatic carbocycles. The Bertz CT molecular complexity index is 393. The van der Waals surface area contributed by atoms with E-state index in [1.54, 1.807) is 12.1 Å². The van der Waals surface area contributed by atoms with Gasteiger partial charge in [0.1, 0.15) is 0 Å². The lowest BCUT2D eigenvalue weighted by Crippen LogP contribution is -2.24. The first-order chi connectivity index (χ1) is 8.66. The van der Waals surface area contributed by atoms with Crippen molar-refractivity contribution in [3.8, 4) is 0 Å². The quantitative estimate of drug-likeness (QED) is 0.814. The van der Waals surface area contributed by atoms with Crippen LogP contribution in [0.2, 0.25) is 0 Å². The van der Waals surface area contributed by atoms with Crippen molar-refractivity contribution in [2.75, 3.05) is 30.8 Å². The van der Waals surface area contributed by atoms with Gasteiger partial charge in [0.25, 0.3) is 6.43 Å². The monoisotopic (exact) mass is 256 g/mol. The summed E-state index contributed by atoms with van der Waals surface area (Å²) in [7, 11) is 0. The van der Waals surface area contributed by atoms with Crippen LogP contribution >= 0.6 is 0 Å². The molecule has 0 amide bonds. The fourth-order valence-electron chi connectivity index (χ4n) is 2.15. The van der Waals surface area contributed by atoms with Gasteiger partial charge in [-0.2, -0.15) is 0 Å². The van der Waals surface area contributed by atoms with Crippen LogP contribution in [-0.2, 0) is 4.74 Å². The average molecular weight is 256 g/mol. The summed E-state index contributed by atoms with van der Waals surface area (Å²) >= 11 is 0. The molecule has 3 N–H and O–H groups in total. The molecule has 1 aromatic rings. The minimum Gasteiger partial charge on any atom is -0.399 e. The number of hydrogen-bond donors (Lipinski definition) is 2. The second kappa shape index (κ2) is 6.00. The molecule has 1 aliphatic heterocycles. The predicted octanol–water partition coefficient (Wildman–Crippen LogP) is 3.04. The van der Waals surface area contributed by atoms with Crippen molar-refractivity contribution in [2.45, 2.75) is 19.3 Å². The molecule has 1 fully saturated rings. The minimum atomic E-state index is -2.52. The van der Waals surface area contributed by atoms with Crippen molar-refractivity contribution in [1.82, 2.24) is 0 Å². The van der Waals surface area contributed by atoms with Crippen molar-refractivity contribution in [1.29, 1.82) is 0 Å². The maximum Gasteiger partial charge on any atom is 0.265 e. The molecule has 1 unspecified atom stereocenters. The first-order valence-corrected chi connectivity index (χ1v) is 6.16. The third-order valence-electron chi connectivity index (χ3n) is 3.15. The van der Waals surface area contributed by atoms with E-state index < -0.39 is 6.43 Å². The number of ether oxygens (including phenoxy) is 1. The Morgan fingerprint density at radius 2 is 2.28 bits per heavy atom. The highest BCUT2D eigenvalue weighted by atomic mass is 19.3. The van der Waals surface area contributed by atoms with Crippen LogP contribution in [0.4, 0.5) is 20.2 Å². The molecule has 1 saturated heterocycles. The molecule has 2 rings (SSSR count). The van der Waals surface area contributed by atoms with E-state index in [9.17, 15) is 8.78 Å². The third-order valence-corrected chi connectivity index (χ3v) is 3.15. The largest absolute Gasteiger partial charge is 0.399 e. The summed E-state index contributed by atoms with van der Waals surface area (Å²) in [6, 6.07) is 4.57. The molecular weight excluding hydrogens is 238 g/mol. The lowest BCUT2D eigenvalue weighted by atomic mass is 10.0. The molecule has 18 heavy (non-hydrogen) atoms. The molecule has 1 aliphatic rings. The van der Waals surface area contributed by atoms with Crippen LogP contribution in [0.15, 0.2) is 18.2 Å². The van der Waals surface area contributed by atoms with Crippen molar-refractivity contribution in [3.63, 3.8) is 0 Å². The van der Waals surface area contributed by atoms with Gasteiger partial charge in [-0.25, -0.2) is 8.78 Å². The predicted molar refractivity (Wildman–Crippen MR) is 67.8 cm³/mol. The Hall–Kier alpha value is -1.36. The van der Waals surface area contributed by atoms with Gasteiger partial charge in [0, 0.05) is 30.1 Å². The smallest absolute Gasteiger partial charge is 0.265 e. The van der Waals surface area contributed by atoms with Crippen molar-refractivity contribution < 1.29 is 13.5 Å². The van der Waals surface area contributed by atoms with Gasteiger partial charge in [-0.15, -0.1) is 0 Å². The third kappa shape index (κ3) is 3.32.